The van der Waals surface area contributed by atoms with E-state index in [0.717, 1.165) is 6.08 Å². The monoisotopic (exact) mass is 344 g/mol. The maximum Gasteiger partial charge on any atom is 0.328 e. The summed E-state index contributed by atoms with van der Waals surface area (Å²) in [4.78, 5) is 10.7. The summed E-state index contributed by atoms with van der Waals surface area (Å²) in [5.74, 6) is -1.56. The summed E-state index contributed by atoms with van der Waals surface area (Å²) in [5, 5.41) is 48.7. The highest BCUT2D eigenvalue weighted by atomic mass is 16.5. The first-order valence-corrected chi connectivity index (χ1v) is 8.06. The van der Waals surface area contributed by atoms with Crippen LogP contribution >= 0.6 is 0 Å². The van der Waals surface area contributed by atoms with Crippen LogP contribution in [0.15, 0.2) is 23.8 Å². The summed E-state index contributed by atoms with van der Waals surface area (Å²) in [7, 11) is 0. The van der Waals surface area contributed by atoms with Crippen LogP contribution in [0, 0.1) is 11.8 Å². The summed E-state index contributed by atoms with van der Waals surface area (Å²) in [6.07, 6.45) is -0.298. The van der Waals surface area contributed by atoms with Crippen LogP contribution in [0.2, 0.25) is 0 Å². The smallest absolute Gasteiger partial charge is 0.328 e. The molecule has 1 aliphatic rings. The zero-order valence-corrected chi connectivity index (χ0v) is 14.2. The van der Waals surface area contributed by atoms with Crippen molar-refractivity contribution in [3.63, 3.8) is 0 Å². The summed E-state index contributed by atoms with van der Waals surface area (Å²) in [5.41, 5.74) is 0.142. The van der Waals surface area contributed by atoms with Crippen molar-refractivity contribution in [3.8, 4) is 0 Å². The lowest BCUT2D eigenvalue weighted by atomic mass is 9.86. The van der Waals surface area contributed by atoms with E-state index in [1.807, 2.05) is 19.1 Å². The van der Waals surface area contributed by atoms with E-state index in [0.29, 0.717) is 6.42 Å². The van der Waals surface area contributed by atoms with E-state index in [-0.39, 0.29) is 24.0 Å². The number of ether oxygens (including phenoxy) is 1. The van der Waals surface area contributed by atoms with Gasteiger partial charge in [0, 0.05) is 12.0 Å². The van der Waals surface area contributed by atoms with Gasteiger partial charge in [-0.15, -0.1) is 0 Å². The highest BCUT2D eigenvalue weighted by Crippen LogP contribution is 2.27. The third-order valence-corrected chi connectivity index (χ3v) is 4.44. The largest absolute Gasteiger partial charge is 0.478 e. The molecule has 0 aliphatic carbocycles. The number of carboxylic acid groups (broad SMARTS) is 1. The van der Waals surface area contributed by atoms with Crippen LogP contribution in [-0.4, -0.2) is 68.6 Å². The number of carbonyl (C=O) groups is 1. The van der Waals surface area contributed by atoms with E-state index in [2.05, 4.69) is 0 Å². The highest BCUT2D eigenvalue weighted by molar-refractivity contribution is 5.80. The first-order valence-electron chi connectivity index (χ1n) is 8.06. The van der Waals surface area contributed by atoms with Gasteiger partial charge in [-0.25, -0.2) is 4.79 Å². The molecule has 0 bridgehead atoms. The van der Waals surface area contributed by atoms with Gasteiger partial charge in [0.05, 0.1) is 18.8 Å². The van der Waals surface area contributed by atoms with Gasteiger partial charge < -0.3 is 30.3 Å². The fourth-order valence-corrected chi connectivity index (χ4v) is 2.56. The quantitative estimate of drug-likeness (QED) is 0.327. The second-order valence-electron chi connectivity index (χ2n) is 6.47. The standard InChI is InChI=1S/C17H28O7/c1-9(11(3)18)5-4-6-12-8-24-17(16(23)15(12)22)14(21)10(2)7-13(19)20/h4-5,7,9,11-12,14-18,21-23H,6,8H2,1-3H3,(H,19,20)/b5-4+,10-7+/t9?,11-,12?,14+,15+,16+,17-/m0/s1. The van der Waals surface area contributed by atoms with Crippen molar-refractivity contribution >= 4 is 5.97 Å². The molecule has 5 N–H and O–H groups in total. The second kappa shape index (κ2) is 9.29. The zero-order chi connectivity index (χ0) is 18.4. The van der Waals surface area contributed by atoms with E-state index in [4.69, 9.17) is 9.84 Å². The number of rotatable bonds is 7. The van der Waals surface area contributed by atoms with Crippen molar-refractivity contribution in [1.29, 1.82) is 0 Å². The SMILES string of the molecule is C/C(=C\C(=O)O)[C@@H](O)[C@@H]1OCC(C/C=C/C(C)[C@H](C)O)[C@@H](O)[C@H]1O. The lowest BCUT2D eigenvalue weighted by Gasteiger charge is -2.39. The van der Waals surface area contributed by atoms with Crippen molar-refractivity contribution in [2.75, 3.05) is 6.61 Å². The number of carboxylic acids is 1. The Kier molecular flexibility index (Phi) is 8.05. The third kappa shape index (κ3) is 5.68. The minimum absolute atomic E-state index is 0.0186. The molecule has 0 saturated carbocycles. The Bertz CT molecular complexity index is 472. The molecule has 0 aromatic rings. The summed E-state index contributed by atoms with van der Waals surface area (Å²) >= 11 is 0. The Hall–Kier alpha value is -1.25. The van der Waals surface area contributed by atoms with Gasteiger partial charge >= 0.3 is 5.97 Å². The van der Waals surface area contributed by atoms with E-state index in [1.54, 1.807) is 6.92 Å². The van der Waals surface area contributed by atoms with Crippen molar-refractivity contribution in [3.05, 3.63) is 23.8 Å². The van der Waals surface area contributed by atoms with Gasteiger partial charge in [0.25, 0.3) is 0 Å². The average molecular weight is 344 g/mol. The van der Waals surface area contributed by atoms with Gasteiger partial charge in [-0.1, -0.05) is 19.1 Å². The van der Waals surface area contributed by atoms with Gasteiger partial charge in [0.15, 0.2) is 0 Å². The molecule has 1 saturated heterocycles. The number of allylic oxidation sites excluding steroid dienone is 1. The number of aliphatic carboxylic acids is 1. The predicted molar refractivity (Wildman–Crippen MR) is 87.2 cm³/mol. The van der Waals surface area contributed by atoms with Crippen LogP contribution in [0.4, 0.5) is 0 Å². The fourth-order valence-electron chi connectivity index (χ4n) is 2.56. The van der Waals surface area contributed by atoms with Crippen molar-refractivity contribution in [2.45, 2.75) is 57.7 Å². The van der Waals surface area contributed by atoms with Crippen molar-refractivity contribution < 1.29 is 35.1 Å². The molecule has 1 heterocycles. The van der Waals surface area contributed by atoms with Crippen LogP contribution < -0.4 is 0 Å². The van der Waals surface area contributed by atoms with Gasteiger partial charge in [0.2, 0.25) is 0 Å². The molecule has 1 fully saturated rings. The molecule has 7 nitrogen and oxygen atoms in total. The lowest BCUT2D eigenvalue weighted by molar-refractivity contribution is -0.187. The zero-order valence-electron chi connectivity index (χ0n) is 14.2. The van der Waals surface area contributed by atoms with Gasteiger partial charge in [-0.2, -0.15) is 0 Å². The number of aliphatic hydroxyl groups excluding tert-OH is 4. The molecule has 0 radical (unpaired) electrons. The summed E-state index contributed by atoms with van der Waals surface area (Å²) < 4.78 is 5.47. The normalized spacial score (nSPS) is 32.5. The number of hydrogen-bond acceptors (Lipinski definition) is 6. The number of hydrogen-bond donors (Lipinski definition) is 5. The van der Waals surface area contributed by atoms with Gasteiger partial charge in [0.1, 0.15) is 18.3 Å². The van der Waals surface area contributed by atoms with Crippen LogP contribution in [0.3, 0.4) is 0 Å². The Balaban J connectivity index is 2.66. The van der Waals surface area contributed by atoms with E-state index < -0.39 is 36.5 Å². The third-order valence-electron chi connectivity index (χ3n) is 4.44. The van der Waals surface area contributed by atoms with E-state index >= 15 is 0 Å². The van der Waals surface area contributed by atoms with Crippen molar-refractivity contribution in [2.24, 2.45) is 11.8 Å². The first-order chi connectivity index (χ1) is 11.1. The van der Waals surface area contributed by atoms with Gasteiger partial charge in [-0.05, 0) is 31.8 Å². The fraction of sp³-hybridized carbons (Fsp3) is 0.706. The minimum Gasteiger partial charge on any atom is -0.478 e. The van der Waals surface area contributed by atoms with Gasteiger partial charge in [-0.3, -0.25) is 0 Å². The molecule has 7 atom stereocenters. The molecule has 1 rings (SSSR count). The molecule has 0 spiro atoms. The summed E-state index contributed by atoms with van der Waals surface area (Å²) in [6.45, 7) is 5.12. The highest BCUT2D eigenvalue weighted by Gasteiger charge is 2.41. The van der Waals surface area contributed by atoms with Crippen molar-refractivity contribution in [1.82, 2.24) is 0 Å². The van der Waals surface area contributed by atoms with Crippen LogP contribution in [0.25, 0.3) is 0 Å². The predicted octanol–water partition coefficient (Wildman–Crippen LogP) is 0.0782. The molecule has 2 unspecified atom stereocenters. The Morgan fingerprint density at radius 1 is 1.25 bits per heavy atom. The first kappa shape index (κ1) is 20.8. The lowest BCUT2D eigenvalue weighted by Crippen LogP contribution is -2.54. The molecule has 24 heavy (non-hydrogen) atoms. The van der Waals surface area contributed by atoms with Crippen LogP contribution in [-0.2, 0) is 9.53 Å². The van der Waals surface area contributed by atoms with Crippen LogP contribution in [0.1, 0.15) is 27.2 Å². The topological polar surface area (TPSA) is 127 Å². The Morgan fingerprint density at radius 3 is 2.42 bits per heavy atom. The van der Waals surface area contributed by atoms with E-state index in [9.17, 15) is 25.2 Å². The van der Waals surface area contributed by atoms with E-state index in [1.165, 1.54) is 6.92 Å². The maximum atomic E-state index is 10.7. The molecule has 1 aliphatic heterocycles. The molecule has 138 valence electrons. The molecular weight excluding hydrogens is 316 g/mol. The number of aliphatic hydroxyl groups is 4. The molecule has 0 aromatic heterocycles. The second-order valence-corrected chi connectivity index (χ2v) is 6.47. The Morgan fingerprint density at radius 2 is 1.88 bits per heavy atom. The Labute approximate surface area is 141 Å². The molecular formula is C17H28O7. The van der Waals surface area contributed by atoms with Crippen LogP contribution in [0.5, 0.6) is 0 Å². The maximum absolute atomic E-state index is 10.7. The molecule has 0 amide bonds. The minimum atomic E-state index is -1.32. The summed E-state index contributed by atoms with van der Waals surface area (Å²) in [6, 6.07) is 0. The molecule has 7 heteroatoms. The molecule has 0 aromatic carbocycles. The average Bonchev–Trinajstić information content (AvgIpc) is 2.50.